The molecule has 0 amide bonds. The van der Waals surface area contributed by atoms with E-state index in [0.717, 1.165) is 38.4 Å². The molecule has 2 N–H and O–H groups in total. The molecule has 3 rings (SSSR count). The highest BCUT2D eigenvalue weighted by Gasteiger charge is 2.25. The fourth-order valence-corrected chi connectivity index (χ4v) is 4.07. The van der Waals surface area contributed by atoms with Gasteiger partial charge < -0.3 is 15.4 Å². The molecule has 0 aliphatic carbocycles. The van der Waals surface area contributed by atoms with Crippen molar-refractivity contribution in [3.05, 3.63) is 71.3 Å². The molecule has 0 spiro atoms. The zero-order valence-electron chi connectivity index (χ0n) is 19.9. The molecule has 0 radical (unpaired) electrons. The van der Waals surface area contributed by atoms with Crippen molar-refractivity contribution in [3.63, 3.8) is 0 Å². The maximum atomic E-state index is 5.73. The van der Waals surface area contributed by atoms with Gasteiger partial charge in [-0.2, -0.15) is 0 Å². The summed E-state index contributed by atoms with van der Waals surface area (Å²) >= 11 is 0. The summed E-state index contributed by atoms with van der Waals surface area (Å²) in [5.74, 6) is 0.873. The van der Waals surface area contributed by atoms with Crippen LogP contribution in [0.3, 0.4) is 0 Å². The fraction of sp³-hybridized carbons (Fsp3) is 0.500. The van der Waals surface area contributed by atoms with Crippen molar-refractivity contribution in [2.24, 2.45) is 4.99 Å². The van der Waals surface area contributed by atoms with Crippen molar-refractivity contribution in [1.82, 2.24) is 15.5 Å². The first-order chi connectivity index (χ1) is 15.0. The summed E-state index contributed by atoms with van der Waals surface area (Å²) in [6, 6.07) is 20.3. The number of aliphatic imine (C=N–C) groups is 1. The normalized spacial score (nSPS) is 19.5. The lowest BCUT2D eigenvalue weighted by molar-refractivity contribution is 0.0657. The van der Waals surface area contributed by atoms with Gasteiger partial charge in [0.05, 0.1) is 12.7 Å². The summed E-state index contributed by atoms with van der Waals surface area (Å²) in [6.07, 6.45) is 2.49. The second kappa shape index (κ2) is 13.8. The van der Waals surface area contributed by atoms with Gasteiger partial charge in [-0.15, -0.1) is 24.0 Å². The van der Waals surface area contributed by atoms with E-state index in [0.29, 0.717) is 18.7 Å². The van der Waals surface area contributed by atoms with E-state index in [2.05, 4.69) is 95.9 Å². The minimum Gasteiger partial charge on any atom is -0.374 e. The molecule has 32 heavy (non-hydrogen) atoms. The average Bonchev–Trinajstić information content (AvgIpc) is 2.78. The summed E-state index contributed by atoms with van der Waals surface area (Å²) in [6.45, 7) is 9.98. The van der Waals surface area contributed by atoms with Gasteiger partial charge in [0.25, 0.3) is 0 Å². The van der Waals surface area contributed by atoms with Crippen LogP contribution in [-0.2, 0) is 24.4 Å². The number of hydrogen-bond acceptors (Lipinski definition) is 3. The van der Waals surface area contributed by atoms with E-state index in [1.54, 1.807) is 0 Å². The quantitative estimate of drug-likeness (QED) is 0.278. The molecule has 1 aliphatic heterocycles. The van der Waals surface area contributed by atoms with Crippen LogP contribution in [0.5, 0.6) is 0 Å². The van der Waals surface area contributed by atoms with Crippen LogP contribution in [-0.4, -0.2) is 42.6 Å². The number of ether oxygens (including phenoxy) is 1. The van der Waals surface area contributed by atoms with Crippen LogP contribution in [0.4, 0.5) is 0 Å². The molecule has 2 unspecified atom stereocenters. The van der Waals surface area contributed by atoms with Gasteiger partial charge in [-0.1, -0.05) is 54.6 Å². The predicted molar refractivity (Wildman–Crippen MR) is 144 cm³/mol. The second-order valence-corrected chi connectivity index (χ2v) is 8.78. The van der Waals surface area contributed by atoms with E-state index in [9.17, 15) is 0 Å². The molecule has 2 atom stereocenters. The molecule has 1 heterocycles. The van der Waals surface area contributed by atoms with Crippen molar-refractivity contribution in [2.75, 3.05) is 13.6 Å². The molecule has 2 aromatic carbocycles. The minimum atomic E-state index is 0. The first kappa shape index (κ1) is 26.6. The fourth-order valence-electron chi connectivity index (χ4n) is 4.07. The van der Waals surface area contributed by atoms with Crippen molar-refractivity contribution < 1.29 is 4.74 Å². The molecule has 2 aromatic rings. The van der Waals surface area contributed by atoms with E-state index < -0.39 is 0 Å². The topological polar surface area (TPSA) is 48.9 Å². The zero-order valence-corrected chi connectivity index (χ0v) is 22.2. The summed E-state index contributed by atoms with van der Waals surface area (Å²) in [5, 5.41) is 7.11. The maximum absolute atomic E-state index is 5.73. The molecule has 0 bridgehead atoms. The Morgan fingerprint density at radius 1 is 1.09 bits per heavy atom. The number of benzene rings is 2. The van der Waals surface area contributed by atoms with Crippen LogP contribution in [0.1, 0.15) is 50.3 Å². The molecule has 1 saturated heterocycles. The number of piperidine rings is 1. The number of halogens is 1. The Morgan fingerprint density at radius 2 is 1.81 bits per heavy atom. The van der Waals surface area contributed by atoms with Crippen LogP contribution in [0, 0.1) is 0 Å². The lowest BCUT2D eigenvalue weighted by Gasteiger charge is -2.38. The van der Waals surface area contributed by atoms with E-state index in [1.165, 1.54) is 16.7 Å². The van der Waals surface area contributed by atoms with Gasteiger partial charge in [-0.3, -0.25) is 9.89 Å². The maximum Gasteiger partial charge on any atom is 0.191 e. The first-order valence-electron chi connectivity index (χ1n) is 11.5. The third-order valence-electron chi connectivity index (χ3n) is 5.84. The van der Waals surface area contributed by atoms with Gasteiger partial charge in [-0.25, -0.2) is 0 Å². The third-order valence-corrected chi connectivity index (χ3v) is 5.84. The van der Waals surface area contributed by atoms with Gasteiger partial charge in [0.2, 0.25) is 0 Å². The minimum absolute atomic E-state index is 0. The van der Waals surface area contributed by atoms with Crippen molar-refractivity contribution in [3.8, 4) is 0 Å². The standard InChI is InChI=1S/C26H38N4O.HI/c1-20(2)31-19-24-12-8-11-23(16-24)17-28-26(27-4)29-25-13-14-30(21(3)15-25)18-22-9-6-5-7-10-22;/h5-12,16,20-21,25H,13-15,17-19H2,1-4H3,(H2,27,28,29);1H. The second-order valence-electron chi connectivity index (χ2n) is 8.78. The van der Waals surface area contributed by atoms with Crippen LogP contribution >= 0.6 is 24.0 Å². The molecule has 0 aromatic heterocycles. The van der Waals surface area contributed by atoms with E-state index in [1.807, 2.05) is 7.05 Å². The Morgan fingerprint density at radius 3 is 2.50 bits per heavy atom. The Kier molecular flexibility index (Phi) is 11.5. The van der Waals surface area contributed by atoms with Gasteiger partial charge in [-0.05, 0) is 50.3 Å². The van der Waals surface area contributed by atoms with Gasteiger partial charge in [0.15, 0.2) is 5.96 Å². The number of nitrogens with zero attached hydrogens (tertiary/aromatic N) is 2. The summed E-state index contributed by atoms with van der Waals surface area (Å²) in [5.41, 5.74) is 3.83. The Hall–Kier alpha value is -1.64. The zero-order chi connectivity index (χ0) is 22.1. The highest BCUT2D eigenvalue weighted by Crippen LogP contribution is 2.20. The predicted octanol–water partition coefficient (Wildman–Crippen LogP) is 4.95. The van der Waals surface area contributed by atoms with Crippen LogP contribution in [0.15, 0.2) is 59.6 Å². The molecule has 176 valence electrons. The summed E-state index contributed by atoms with van der Waals surface area (Å²) in [4.78, 5) is 7.02. The monoisotopic (exact) mass is 550 g/mol. The van der Waals surface area contributed by atoms with Crippen molar-refractivity contribution in [1.29, 1.82) is 0 Å². The smallest absolute Gasteiger partial charge is 0.191 e. The lowest BCUT2D eigenvalue weighted by atomic mass is 9.97. The van der Waals surface area contributed by atoms with Gasteiger partial charge >= 0.3 is 0 Å². The number of hydrogen-bond donors (Lipinski definition) is 2. The first-order valence-corrected chi connectivity index (χ1v) is 11.5. The van der Waals surface area contributed by atoms with Gasteiger partial charge in [0, 0.05) is 38.8 Å². The largest absolute Gasteiger partial charge is 0.374 e. The highest BCUT2D eigenvalue weighted by molar-refractivity contribution is 14.0. The van der Waals surface area contributed by atoms with Crippen LogP contribution in [0.25, 0.3) is 0 Å². The van der Waals surface area contributed by atoms with Crippen molar-refractivity contribution >= 4 is 29.9 Å². The Balaban J connectivity index is 0.00000363. The molecule has 1 fully saturated rings. The molecular weight excluding hydrogens is 511 g/mol. The number of likely N-dealkylation sites (tertiary alicyclic amines) is 1. The molecule has 1 aliphatic rings. The lowest BCUT2D eigenvalue weighted by Crippen LogP contribution is -2.51. The summed E-state index contributed by atoms with van der Waals surface area (Å²) in [7, 11) is 1.84. The van der Waals surface area contributed by atoms with E-state index in [-0.39, 0.29) is 30.1 Å². The van der Waals surface area contributed by atoms with E-state index >= 15 is 0 Å². The Labute approximate surface area is 211 Å². The Bertz CT molecular complexity index is 828. The number of guanidine groups is 1. The summed E-state index contributed by atoms with van der Waals surface area (Å²) < 4.78 is 5.73. The third kappa shape index (κ3) is 8.71. The average molecular weight is 551 g/mol. The number of rotatable bonds is 8. The SMILES string of the molecule is CN=C(NCc1cccc(COC(C)C)c1)NC1CCN(Cc2ccccc2)C(C)C1.I. The highest BCUT2D eigenvalue weighted by atomic mass is 127. The van der Waals surface area contributed by atoms with E-state index in [4.69, 9.17) is 4.74 Å². The molecule has 6 heteroatoms. The molecule has 5 nitrogen and oxygen atoms in total. The molecule has 0 saturated carbocycles. The number of nitrogens with one attached hydrogen (secondary N) is 2. The van der Waals surface area contributed by atoms with Crippen LogP contribution in [0.2, 0.25) is 0 Å². The molecular formula is C26H39IN4O. The van der Waals surface area contributed by atoms with Gasteiger partial charge in [0.1, 0.15) is 0 Å². The van der Waals surface area contributed by atoms with Crippen molar-refractivity contribution in [2.45, 2.75) is 71.5 Å². The van der Waals surface area contributed by atoms with Crippen LogP contribution < -0.4 is 10.6 Å².